The zero-order valence-electron chi connectivity index (χ0n) is 16.1. The maximum absolute atomic E-state index is 13.4. The van der Waals surface area contributed by atoms with Crippen LogP contribution in [0.1, 0.15) is 17.3 Å². The van der Waals surface area contributed by atoms with Gasteiger partial charge in [0.25, 0.3) is 5.56 Å². The van der Waals surface area contributed by atoms with Crippen molar-refractivity contribution >= 4 is 32.9 Å². The lowest BCUT2D eigenvalue weighted by Gasteiger charge is -2.10. The molecule has 0 bridgehead atoms. The first kappa shape index (κ1) is 20.8. The minimum absolute atomic E-state index is 0.0638. The Morgan fingerprint density at radius 1 is 1.26 bits per heavy atom. The Morgan fingerprint density at radius 2 is 2.00 bits per heavy atom. The number of hydrogen-bond acceptors (Lipinski definition) is 6. The molecule has 0 spiro atoms. The number of para-hydroxylation sites is 1. The Hall–Kier alpha value is -3.46. The fraction of sp³-hybridized carbons (Fsp3) is 0.263. The Morgan fingerprint density at radius 3 is 2.71 bits per heavy atom. The Bertz CT molecular complexity index is 1430. The van der Waals surface area contributed by atoms with Gasteiger partial charge in [-0.2, -0.15) is 0 Å². The number of carbonyl (C=O) groups excluding carboxylic acids is 1. The van der Waals surface area contributed by atoms with Crippen molar-refractivity contribution in [2.75, 3.05) is 0 Å². The third-order valence-electron chi connectivity index (χ3n) is 4.63. The van der Waals surface area contributed by atoms with Crippen LogP contribution in [-0.2, 0) is 20.1 Å². The third-order valence-corrected chi connectivity index (χ3v) is 5.24. The minimum atomic E-state index is -3.91. The van der Waals surface area contributed by atoms with Crippen LogP contribution < -0.4 is 20.7 Å². The lowest BCUT2D eigenvalue weighted by atomic mass is 10.1. The van der Waals surface area contributed by atoms with E-state index in [4.69, 9.17) is 0 Å². The van der Waals surface area contributed by atoms with Gasteiger partial charge in [-0.3, -0.25) is 18.7 Å². The molecule has 0 aliphatic carbocycles. The van der Waals surface area contributed by atoms with E-state index >= 15 is 0 Å². The van der Waals surface area contributed by atoms with Gasteiger partial charge in [0.05, 0.1) is 18.7 Å². The number of ketones is 1. The van der Waals surface area contributed by atoms with E-state index in [0.717, 1.165) is 4.57 Å². The zero-order valence-corrected chi connectivity index (χ0v) is 17.7. The highest BCUT2D eigenvalue weighted by Crippen LogP contribution is 2.43. The van der Waals surface area contributed by atoms with Crippen LogP contribution in [0.5, 0.6) is 11.5 Å². The smallest absolute Gasteiger partial charge is 0.395 e. The highest BCUT2D eigenvalue weighted by atomic mass is 79.9. The largest absolute Gasteiger partial charge is 0.586 e. The van der Waals surface area contributed by atoms with Gasteiger partial charge >= 0.3 is 12.0 Å². The van der Waals surface area contributed by atoms with Crippen molar-refractivity contribution in [1.29, 1.82) is 0 Å². The number of imidazole rings is 1. The second-order valence-corrected chi connectivity index (χ2v) is 7.23. The quantitative estimate of drug-likeness (QED) is 0.312. The summed E-state index contributed by atoms with van der Waals surface area (Å²) in [6, 6.07) is 3.79. The summed E-state index contributed by atoms with van der Waals surface area (Å²) in [6.07, 6.45) is -3.91. The van der Waals surface area contributed by atoms with Crippen molar-refractivity contribution < 1.29 is 23.0 Å². The van der Waals surface area contributed by atoms with Crippen molar-refractivity contribution in [2.24, 2.45) is 7.05 Å². The maximum Gasteiger partial charge on any atom is 0.586 e. The molecule has 4 rings (SSSR count). The number of nitrogens with zero attached hydrogens (tertiary/aromatic N) is 4. The molecule has 0 saturated carbocycles. The Kier molecular flexibility index (Phi) is 4.93. The number of aromatic nitrogens is 4. The summed E-state index contributed by atoms with van der Waals surface area (Å²) in [7, 11) is 1.40. The standard InChI is InChI=1S/C19H13BrF2N4O5/c1-3-4-8-25-13-15(23-17(25)20)24(2)18(29)26(16(13)28)9-11(27)10-6-5-7-12-14(10)31-19(21,22)30-12/h5-7H,8-9H2,1-2H3. The number of fused-ring (bicyclic) bond motifs is 2. The van der Waals surface area contributed by atoms with Crippen LogP contribution >= 0.6 is 15.9 Å². The molecule has 0 radical (unpaired) electrons. The van der Waals surface area contributed by atoms with E-state index in [9.17, 15) is 23.2 Å². The first-order chi connectivity index (χ1) is 14.6. The average Bonchev–Trinajstić information content (AvgIpc) is 3.22. The molecule has 160 valence electrons. The van der Waals surface area contributed by atoms with Gasteiger partial charge < -0.3 is 14.0 Å². The van der Waals surface area contributed by atoms with Crippen molar-refractivity contribution in [2.45, 2.75) is 26.3 Å². The summed E-state index contributed by atoms with van der Waals surface area (Å²) in [5, 5.41) is 0. The highest BCUT2D eigenvalue weighted by molar-refractivity contribution is 9.10. The van der Waals surface area contributed by atoms with Gasteiger partial charge in [-0.05, 0) is 35.0 Å². The minimum Gasteiger partial charge on any atom is -0.395 e. The van der Waals surface area contributed by atoms with Gasteiger partial charge in [-0.15, -0.1) is 14.7 Å². The van der Waals surface area contributed by atoms with Crippen molar-refractivity contribution in [3.8, 4) is 23.3 Å². The van der Waals surface area contributed by atoms with E-state index in [2.05, 4.69) is 42.2 Å². The second-order valence-electron chi connectivity index (χ2n) is 6.52. The summed E-state index contributed by atoms with van der Waals surface area (Å²) in [4.78, 5) is 42.9. The van der Waals surface area contributed by atoms with Crippen LogP contribution in [0.2, 0.25) is 0 Å². The molecule has 0 N–H and O–H groups in total. The normalized spacial score (nSPS) is 13.8. The van der Waals surface area contributed by atoms with E-state index in [0.29, 0.717) is 4.57 Å². The van der Waals surface area contributed by atoms with Crippen LogP contribution in [0.4, 0.5) is 8.78 Å². The first-order valence-corrected chi connectivity index (χ1v) is 9.61. The number of Topliss-reactive ketones (excluding diaryl/α,β-unsaturated/α-hetero) is 1. The van der Waals surface area contributed by atoms with E-state index in [1.54, 1.807) is 6.92 Å². The van der Waals surface area contributed by atoms with Gasteiger partial charge in [-0.25, -0.2) is 9.78 Å². The molecule has 2 aromatic heterocycles. The molecule has 3 aromatic rings. The second kappa shape index (κ2) is 7.35. The molecular weight excluding hydrogens is 482 g/mol. The van der Waals surface area contributed by atoms with Crippen LogP contribution in [-0.4, -0.2) is 30.8 Å². The summed E-state index contributed by atoms with van der Waals surface area (Å²) >= 11 is 3.24. The molecule has 31 heavy (non-hydrogen) atoms. The van der Waals surface area contributed by atoms with E-state index in [-0.39, 0.29) is 33.8 Å². The lowest BCUT2D eigenvalue weighted by molar-refractivity contribution is -0.286. The van der Waals surface area contributed by atoms with Gasteiger partial charge in [0.15, 0.2) is 33.2 Å². The average molecular weight is 495 g/mol. The Labute approximate surface area is 180 Å². The van der Waals surface area contributed by atoms with Crippen LogP contribution in [0.3, 0.4) is 0 Å². The fourth-order valence-corrected chi connectivity index (χ4v) is 3.67. The van der Waals surface area contributed by atoms with Crippen molar-refractivity contribution in [3.05, 3.63) is 49.3 Å². The third kappa shape index (κ3) is 3.40. The Balaban J connectivity index is 1.83. The molecule has 0 atom stereocenters. The summed E-state index contributed by atoms with van der Waals surface area (Å²) in [5.41, 5.74) is -1.62. The maximum atomic E-state index is 13.4. The number of hydrogen-bond donors (Lipinski definition) is 0. The SMILES string of the molecule is CC#CCn1c(Br)nc2c1c(=O)n(CC(=O)c1cccc3c1OC(F)(F)O3)c(=O)n2C. The van der Waals surface area contributed by atoms with Crippen molar-refractivity contribution in [1.82, 2.24) is 18.7 Å². The predicted molar refractivity (Wildman–Crippen MR) is 107 cm³/mol. The number of aryl methyl sites for hydroxylation is 1. The number of rotatable bonds is 4. The monoisotopic (exact) mass is 494 g/mol. The number of benzene rings is 1. The van der Waals surface area contributed by atoms with E-state index < -0.39 is 35.6 Å². The fourth-order valence-electron chi connectivity index (χ4n) is 3.20. The molecule has 12 heteroatoms. The van der Waals surface area contributed by atoms with Crippen LogP contribution in [0.25, 0.3) is 11.2 Å². The molecule has 0 unspecified atom stereocenters. The van der Waals surface area contributed by atoms with Crippen LogP contribution in [0.15, 0.2) is 32.5 Å². The number of carbonyl (C=O) groups is 1. The van der Waals surface area contributed by atoms with E-state index in [1.807, 2.05) is 0 Å². The van der Waals surface area contributed by atoms with Gasteiger partial charge in [-0.1, -0.05) is 12.0 Å². The number of alkyl halides is 2. The first-order valence-electron chi connectivity index (χ1n) is 8.82. The van der Waals surface area contributed by atoms with Crippen molar-refractivity contribution in [3.63, 3.8) is 0 Å². The molecule has 1 aliphatic heterocycles. The summed E-state index contributed by atoms with van der Waals surface area (Å²) in [6.45, 7) is 1.06. The van der Waals surface area contributed by atoms with Gasteiger partial charge in [0.2, 0.25) is 0 Å². The van der Waals surface area contributed by atoms with E-state index in [1.165, 1.54) is 29.8 Å². The summed E-state index contributed by atoms with van der Waals surface area (Å²) in [5.74, 6) is 3.97. The molecule has 0 fully saturated rings. The van der Waals surface area contributed by atoms with Gasteiger partial charge in [0, 0.05) is 7.05 Å². The predicted octanol–water partition coefficient (Wildman–Crippen LogP) is 1.89. The number of ether oxygens (including phenoxy) is 2. The molecule has 1 aliphatic rings. The molecule has 0 amide bonds. The number of halogens is 3. The van der Waals surface area contributed by atoms with Gasteiger partial charge in [0.1, 0.15) is 0 Å². The summed E-state index contributed by atoms with van der Waals surface area (Å²) < 4.78 is 39.2. The molecular formula is C19H13BrF2N4O5. The lowest BCUT2D eigenvalue weighted by Crippen LogP contribution is -2.41. The molecule has 3 heterocycles. The highest BCUT2D eigenvalue weighted by Gasteiger charge is 2.45. The molecule has 9 nitrogen and oxygen atoms in total. The molecule has 1 aromatic carbocycles. The molecule has 0 saturated heterocycles. The topological polar surface area (TPSA) is 97.4 Å². The van der Waals surface area contributed by atoms with Crippen LogP contribution in [0, 0.1) is 11.8 Å². The zero-order chi connectivity index (χ0) is 22.5.